The van der Waals surface area contributed by atoms with Crippen molar-refractivity contribution in [3.8, 4) is 23.0 Å². The Morgan fingerprint density at radius 1 is 1.06 bits per heavy atom. The van der Waals surface area contributed by atoms with Crippen molar-refractivity contribution >= 4 is 17.6 Å². The van der Waals surface area contributed by atoms with Crippen LogP contribution in [0.5, 0.6) is 11.5 Å². The van der Waals surface area contributed by atoms with Crippen molar-refractivity contribution in [1.82, 2.24) is 4.98 Å². The number of carbonyl (C=O) groups is 2. The molecule has 0 aliphatic heterocycles. The van der Waals surface area contributed by atoms with Crippen molar-refractivity contribution in [2.45, 2.75) is 27.4 Å². The van der Waals surface area contributed by atoms with Gasteiger partial charge in [-0.3, -0.25) is 4.79 Å². The molecule has 0 fully saturated rings. The van der Waals surface area contributed by atoms with E-state index >= 15 is 0 Å². The summed E-state index contributed by atoms with van der Waals surface area (Å²) in [7, 11) is 2.94. The number of methoxy groups -OCH3 is 2. The molecule has 0 saturated carbocycles. The normalized spacial score (nSPS) is 10.7. The van der Waals surface area contributed by atoms with E-state index in [0.717, 1.165) is 5.56 Å². The SMILES string of the molecule is COc1cc(NC(=O)C(C)C)c(C(=O)OCc2nc(-c3ccccc3)oc2C)cc1OC. The fourth-order valence-electron chi connectivity index (χ4n) is 2.91. The van der Waals surface area contributed by atoms with Gasteiger partial charge in [0.1, 0.15) is 18.1 Å². The number of oxazole rings is 1. The molecule has 0 saturated heterocycles. The van der Waals surface area contributed by atoms with Crippen molar-refractivity contribution in [2.75, 3.05) is 19.5 Å². The van der Waals surface area contributed by atoms with E-state index in [2.05, 4.69) is 10.3 Å². The summed E-state index contributed by atoms with van der Waals surface area (Å²) in [6.45, 7) is 5.18. The number of carbonyl (C=O) groups excluding carboxylic acids is 2. The zero-order valence-corrected chi connectivity index (χ0v) is 18.7. The van der Waals surface area contributed by atoms with Crippen LogP contribution in [0.2, 0.25) is 0 Å². The summed E-state index contributed by atoms with van der Waals surface area (Å²) >= 11 is 0. The van der Waals surface area contributed by atoms with Crippen LogP contribution in [0.15, 0.2) is 46.9 Å². The number of ether oxygens (including phenoxy) is 3. The van der Waals surface area contributed by atoms with Gasteiger partial charge in [0.2, 0.25) is 11.8 Å². The number of esters is 1. The topological polar surface area (TPSA) is 99.9 Å². The lowest BCUT2D eigenvalue weighted by Crippen LogP contribution is -2.20. The summed E-state index contributed by atoms with van der Waals surface area (Å²) < 4.78 is 21.8. The molecule has 32 heavy (non-hydrogen) atoms. The lowest BCUT2D eigenvalue weighted by molar-refractivity contribution is -0.118. The van der Waals surface area contributed by atoms with Crippen LogP contribution in [-0.2, 0) is 16.1 Å². The third kappa shape index (κ3) is 5.08. The Balaban J connectivity index is 1.84. The second-order valence-corrected chi connectivity index (χ2v) is 7.36. The first kappa shape index (κ1) is 22.9. The number of hydrogen-bond acceptors (Lipinski definition) is 7. The first-order valence-electron chi connectivity index (χ1n) is 10.1. The third-order valence-corrected chi connectivity index (χ3v) is 4.78. The number of amides is 1. The molecule has 0 unspecified atom stereocenters. The Hall–Kier alpha value is -3.81. The van der Waals surface area contributed by atoms with E-state index < -0.39 is 5.97 Å². The minimum Gasteiger partial charge on any atom is -0.493 e. The maximum absolute atomic E-state index is 12.9. The zero-order valence-electron chi connectivity index (χ0n) is 18.7. The summed E-state index contributed by atoms with van der Waals surface area (Å²) in [4.78, 5) is 29.6. The molecular weight excluding hydrogens is 412 g/mol. The number of anilines is 1. The molecule has 1 amide bonds. The molecule has 0 radical (unpaired) electrons. The molecule has 1 N–H and O–H groups in total. The van der Waals surface area contributed by atoms with E-state index in [0.29, 0.717) is 28.8 Å². The molecule has 2 aromatic carbocycles. The van der Waals surface area contributed by atoms with Gasteiger partial charge in [-0.25, -0.2) is 9.78 Å². The third-order valence-electron chi connectivity index (χ3n) is 4.78. The van der Waals surface area contributed by atoms with E-state index in [1.54, 1.807) is 20.8 Å². The Morgan fingerprint density at radius 3 is 2.34 bits per heavy atom. The molecule has 168 valence electrons. The Morgan fingerprint density at radius 2 is 1.72 bits per heavy atom. The Kier molecular flexibility index (Phi) is 7.14. The highest BCUT2D eigenvalue weighted by Crippen LogP contribution is 2.34. The van der Waals surface area contributed by atoms with Gasteiger partial charge in [0, 0.05) is 23.6 Å². The highest BCUT2D eigenvalue weighted by atomic mass is 16.5. The van der Waals surface area contributed by atoms with Crippen LogP contribution in [0, 0.1) is 12.8 Å². The average molecular weight is 438 g/mol. The largest absolute Gasteiger partial charge is 0.493 e. The van der Waals surface area contributed by atoms with Gasteiger partial charge >= 0.3 is 5.97 Å². The predicted molar refractivity (Wildman–Crippen MR) is 119 cm³/mol. The molecule has 0 bridgehead atoms. The second-order valence-electron chi connectivity index (χ2n) is 7.36. The summed E-state index contributed by atoms with van der Waals surface area (Å²) in [5.41, 5.74) is 1.74. The van der Waals surface area contributed by atoms with Gasteiger partial charge in [-0.15, -0.1) is 0 Å². The average Bonchev–Trinajstić information content (AvgIpc) is 3.18. The molecule has 1 aromatic heterocycles. The minimum atomic E-state index is -0.645. The van der Waals surface area contributed by atoms with Crippen LogP contribution in [0.4, 0.5) is 5.69 Å². The Labute approximate surface area is 186 Å². The monoisotopic (exact) mass is 438 g/mol. The Bertz CT molecular complexity index is 1110. The standard InChI is InChI=1S/C24H26N2O6/c1-14(2)22(27)25-18-12-21(30-5)20(29-4)11-17(18)24(28)31-13-19-15(3)32-23(26-19)16-9-7-6-8-10-16/h6-12,14H,13H2,1-5H3,(H,25,27). The number of rotatable bonds is 8. The number of aryl methyl sites for hydroxylation is 1. The van der Waals surface area contributed by atoms with Crippen LogP contribution >= 0.6 is 0 Å². The van der Waals surface area contributed by atoms with Gasteiger partial charge in [0.25, 0.3) is 0 Å². The van der Waals surface area contributed by atoms with Crippen LogP contribution in [0.25, 0.3) is 11.5 Å². The summed E-state index contributed by atoms with van der Waals surface area (Å²) in [5, 5.41) is 2.74. The summed E-state index contributed by atoms with van der Waals surface area (Å²) in [5.74, 6) is 0.553. The zero-order chi connectivity index (χ0) is 23.3. The number of nitrogens with one attached hydrogen (secondary N) is 1. The van der Waals surface area contributed by atoms with Gasteiger partial charge in [0.05, 0.1) is 25.5 Å². The first-order valence-corrected chi connectivity index (χ1v) is 10.1. The summed E-state index contributed by atoms with van der Waals surface area (Å²) in [6.07, 6.45) is 0. The fraction of sp³-hybridized carbons (Fsp3) is 0.292. The number of hydrogen-bond donors (Lipinski definition) is 1. The molecule has 0 aliphatic carbocycles. The van der Waals surface area contributed by atoms with Crippen LogP contribution < -0.4 is 14.8 Å². The smallest absolute Gasteiger partial charge is 0.340 e. The number of benzene rings is 2. The lowest BCUT2D eigenvalue weighted by Gasteiger charge is -2.16. The first-order chi connectivity index (χ1) is 15.3. The highest BCUT2D eigenvalue weighted by molar-refractivity contribution is 6.02. The maximum Gasteiger partial charge on any atom is 0.340 e. The van der Waals surface area contributed by atoms with Gasteiger partial charge in [-0.2, -0.15) is 0 Å². The second kappa shape index (κ2) is 10.00. The van der Waals surface area contributed by atoms with Gasteiger partial charge in [-0.1, -0.05) is 32.0 Å². The van der Waals surface area contributed by atoms with Crippen molar-refractivity contribution in [1.29, 1.82) is 0 Å². The van der Waals surface area contributed by atoms with Crippen molar-refractivity contribution in [2.24, 2.45) is 5.92 Å². The maximum atomic E-state index is 12.9. The van der Waals surface area contributed by atoms with Gasteiger partial charge < -0.3 is 23.9 Å². The number of aromatic nitrogens is 1. The van der Waals surface area contributed by atoms with E-state index in [4.69, 9.17) is 18.6 Å². The van der Waals surface area contributed by atoms with Gasteiger partial charge in [-0.05, 0) is 19.1 Å². The molecule has 8 nitrogen and oxygen atoms in total. The lowest BCUT2D eigenvalue weighted by atomic mass is 10.1. The van der Waals surface area contributed by atoms with E-state index in [1.807, 2.05) is 30.3 Å². The van der Waals surface area contributed by atoms with E-state index in [-0.39, 0.29) is 29.7 Å². The molecule has 3 rings (SSSR count). The van der Waals surface area contributed by atoms with Crippen molar-refractivity contribution < 1.29 is 28.2 Å². The molecule has 1 heterocycles. The quantitative estimate of drug-likeness (QED) is 0.512. The van der Waals surface area contributed by atoms with Crippen LogP contribution in [0.1, 0.15) is 35.7 Å². The van der Waals surface area contributed by atoms with Crippen LogP contribution in [0.3, 0.4) is 0 Å². The summed E-state index contributed by atoms with van der Waals surface area (Å²) in [6, 6.07) is 12.5. The van der Waals surface area contributed by atoms with Crippen molar-refractivity contribution in [3.05, 3.63) is 59.5 Å². The minimum absolute atomic E-state index is 0.0904. The molecule has 8 heteroatoms. The van der Waals surface area contributed by atoms with E-state index in [9.17, 15) is 9.59 Å². The molecule has 0 spiro atoms. The molecule has 0 aliphatic rings. The van der Waals surface area contributed by atoms with E-state index in [1.165, 1.54) is 26.4 Å². The van der Waals surface area contributed by atoms with Crippen molar-refractivity contribution in [3.63, 3.8) is 0 Å². The molecule has 3 aromatic rings. The molecule has 0 atom stereocenters. The predicted octanol–water partition coefficient (Wildman–Crippen LogP) is 4.62. The number of nitrogens with zero attached hydrogens (tertiary/aromatic N) is 1. The van der Waals surface area contributed by atoms with Gasteiger partial charge in [0.15, 0.2) is 11.5 Å². The van der Waals surface area contributed by atoms with Crippen LogP contribution in [-0.4, -0.2) is 31.1 Å². The molecular formula is C24H26N2O6. The highest BCUT2D eigenvalue weighted by Gasteiger charge is 2.22. The fourth-order valence-corrected chi connectivity index (χ4v) is 2.91.